The lowest BCUT2D eigenvalue weighted by molar-refractivity contribution is -0.126. The summed E-state index contributed by atoms with van der Waals surface area (Å²) >= 11 is 6.23. The highest BCUT2D eigenvalue weighted by molar-refractivity contribution is 6.33. The van der Waals surface area contributed by atoms with Crippen LogP contribution in [0.2, 0.25) is 5.02 Å². The van der Waals surface area contributed by atoms with Crippen LogP contribution < -0.4 is 10.8 Å². The van der Waals surface area contributed by atoms with E-state index < -0.39 is 11.7 Å². The zero-order valence-corrected chi connectivity index (χ0v) is 17.0. The number of halogens is 4. The van der Waals surface area contributed by atoms with E-state index in [1.54, 1.807) is 0 Å². The molecule has 0 unspecified atom stereocenters. The highest BCUT2D eigenvalue weighted by Gasteiger charge is 2.30. The van der Waals surface area contributed by atoms with Gasteiger partial charge in [-0.25, -0.2) is 14.9 Å². The Labute approximate surface area is 175 Å². The summed E-state index contributed by atoms with van der Waals surface area (Å²) in [7, 11) is 0. The Bertz CT molecular complexity index is 672. The first-order valence-electron chi connectivity index (χ1n) is 8.54. The van der Waals surface area contributed by atoms with Gasteiger partial charge in [-0.1, -0.05) is 24.4 Å². The van der Waals surface area contributed by atoms with Crippen molar-refractivity contribution < 1.29 is 14.4 Å². The average molecular weight is 442 g/mol. The highest BCUT2D eigenvalue weighted by Crippen LogP contribution is 2.29. The number of anilines is 1. The van der Waals surface area contributed by atoms with Crippen LogP contribution in [0.3, 0.4) is 0 Å². The molecule has 1 amide bonds. The molecule has 3 N–H and O–H groups in total. The molecule has 0 aromatic carbocycles. The normalized spacial score (nSPS) is 20.7. The minimum Gasteiger partial charge on any atom is -0.365 e. The number of carbonyl (C=O) groups excluding carboxylic acids is 1. The lowest BCUT2D eigenvalue weighted by Gasteiger charge is -2.23. The summed E-state index contributed by atoms with van der Waals surface area (Å²) in [6.45, 7) is 2.07. The second-order valence-electron chi connectivity index (χ2n) is 6.60. The van der Waals surface area contributed by atoms with Crippen molar-refractivity contribution in [2.75, 3.05) is 18.4 Å². The zero-order valence-electron chi connectivity index (χ0n) is 14.7. The van der Waals surface area contributed by atoms with Crippen LogP contribution in [0.25, 0.3) is 6.08 Å². The molecule has 1 aliphatic carbocycles. The predicted molar refractivity (Wildman–Crippen MR) is 109 cm³/mol. The number of nitrogens with one attached hydrogen (secondary N) is 2. The van der Waals surface area contributed by atoms with Crippen molar-refractivity contribution >= 4 is 54.2 Å². The zero-order chi connectivity index (χ0) is 17.8. The van der Waals surface area contributed by atoms with E-state index in [-0.39, 0.29) is 24.8 Å². The maximum Gasteiger partial charge on any atom is 0.303 e. The Morgan fingerprint density at radius 2 is 2.04 bits per heavy atom. The molecule has 0 radical (unpaired) electrons. The lowest BCUT2D eigenvalue weighted by atomic mass is 10.2. The predicted octanol–water partition coefficient (Wildman–Crippen LogP) is 3.82. The summed E-state index contributed by atoms with van der Waals surface area (Å²) in [5, 5.41) is 12.1. The summed E-state index contributed by atoms with van der Waals surface area (Å²) in [5.41, 5.74) is 1.58. The molecule has 0 bridgehead atoms. The number of likely N-dealkylation sites (tertiary alicyclic amines) is 1. The third-order valence-corrected chi connectivity index (χ3v) is 5.16. The van der Waals surface area contributed by atoms with Crippen molar-refractivity contribution in [2.45, 2.75) is 44.2 Å². The fourth-order valence-electron chi connectivity index (χ4n) is 3.60. The van der Waals surface area contributed by atoms with Gasteiger partial charge in [0.25, 0.3) is 0 Å². The number of amides is 1. The van der Waals surface area contributed by atoms with E-state index in [1.165, 1.54) is 43.4 Å². The van der Waals surface area contributed by atoms with Crippen molar-refractivity contribution in [1.29, 1.82) is 0 Å². The van der Waals surface area contributed by atoms with Crippen LogP contribution in [-0.4, -0.2) is 46.2 Å². The monoisotopic (exact) mass is 440 g/mol. The first-order chi connectivity index (χ1) is 12.1. The molecule has 2 heterocycles. The fraction of sp³-hybridized carbons (Fsp3) is 0.529. The van der Waals surface area contributed by atoms with Gasteiger partial charge in [0.1, 0.15) is 5.82 Å². The van der Waals surface area contributed by atoms with Gasteiger partial charge in [-0.2, -0.15) is 0 Å². The van der Waals surface area contributed by atoms with Crippen LogP contribution in [0.1, 0.15) is 37.7 Å². The van der Waals surface area contributed by atoms with E-state index in [9.17, 15) is 9.18 Å². The molecule has 1 saturated heterocycles. The van der Waals surface area contributed by atoms with Crippen molar-refractivity contribution in [1.82, 2.24) is 15.4 Å². The minimum absolute atomic E-state index is 0. The average Bonchev–Trinajstić information content (AvgIpc) is 3.27. The quantitative estimate of drug-likeness (QED) is 0.368. The maximum atomic E-state index is 13.4. The van der Waals surface area contributed by atoms with Gasteiger partial charge < -0.3 is 5.32 Å². The first-order valence-corrected chi connectivity index (χ1v) is 8.92. The number of hydroxylamine groups is 1. The van der Waals surface area contributed by atoms with Crippen molar-refractivity contribution in [3.05, 3.63) is 28.7 Å². The Balaban J connectivity index is 0.00000182. The van der Waals surface area contributed by atoms with Gasteiger partial charge >= 0.3 is 5.91 Å². The molecule has 0 spiro atoms. The number of pyridine rings is 1. The highest BCUT2D eigenvalue weighted by atomic mass is 35.5. The number of nitrogens with zero attached hydrogens (tertiary/aromatic N) is 2. The molecule has 1 aromatic heterocycles. The van der Waals surface area contributed by atoms with Crippen LogP contribution >= 0.6 is 36.4 Å². The van der Waals surface area contributed by atoms with Gasteiger partial charge in [0.2, 0.25) is 0 Å². The molecule has 1 aliphatic heterocycles. The van der Waals surface area contributed by atoms with E-state index in [2.05, 4.69) is 15.2 Å². The topological polar surface area (TPSA) is 77.5 Å². The molecule has 6 nitrogen and oxygen atoms in total. The van der Waals surface area contributed by atoms with Crippen molar-refractivity contribution in [2.24, 2.45) is 0 Å². The number of hydrogen-bond acceptors (Lipinski definition) is 5. The largest absolute Gasteiger partial charge is 0.365 e. The fourth-order valence-corrected chi connectivity index (χ4v) is 3.83. The number of hydrogen-bond donors (Lipinski definition) is 3. The standard InChI is InChI=1S/C17H22ClFN4O2.2ClH/c18-14-7-11(8-15(19)17(24)22-25)9-20-16(14)21-12-5-6-23(10-12)13-3-1-2-4-13;;/h7-9,12-13,25H,1-6,10H2,(H,20,21)(H,22,24);2*1H/b15-8+;;/t12-;;/m1../s1. The molecule has 3 rings (SSSR count). The van der Waals surface area contributed by atoms with E-state index in [0.717, 1.165) is 25.6 Å². The molecule has 1 aromatic rings. The van der Waals surface area contributed by atoms with Crippen LogP contribution in [-0.2, 0) is 4.79 Å². The number of carbonyl (C=O) groups is 1. The van der Waals surface area contributed by atoms with Crippen molar-refractivity contribution in [3.63, 3.8) is 0 Å². The second-order valence-corrected chi connectivity index (χ2v) is 7.00. The third-order valence-electron chi connectivity index (χ3n) is 4.88. The minimum atomic E-state index is -1.21. The molecule has 2 fully saturated rings. The summed E-state index contributed by atoms with van der Waals surface area (Å²) < 4.78 is 13.4. The molecular formula is C17H24Cl3FN4O2. The molecule has 27 heavy (non-hydrogen) atoms. The number of aromatic nitrogens is 1. The molecular weight excluding hydrogens is 418 g/mol. The maximum absolute atomic E-state index is 13.4. The van der Waals surface area contributed by atoms with Gasteiger partial charge in [0, 0.05) is 31.4 Å². The van der Waals surface area contributed by atoms with Crippen molar-refractivity contribution in [3.8, 4) is 0 Å². The van der Waals surface area contributed by atoms with Gasteiger partial charge in [-0.3, -0.25) is 14.9 Å². The molecule has 10 heteroatoms. The summed E-state index contributed by atoms with van der Waals surface area (Å²) in [6.07, 6.45) is 8.67. The molecule has 1 saturated carbocycles. The van der Waals surface area contributed by atoms with E-state index in [4.69, 9.17) is 16.8 Å². The van der Waals surface area contributed by atoms with E-state index >= 15 is 0 Å². The van der Waals surface area contributed by atoms with Crippen LogP contribution in [0.4, 0.5) is 10.2 Å². The van der Waals surface area contributed by atoms with Gasteiger partial charge in [0.15, 0.2) is 5.83 Å². The summed E-state index contributed by atoms with van der Waals surface area (Å²) in [6, 6.07) is 2.54. The summed E-state index contributed by atoms with van der Waals surface area (Å²) in [4.78, 5) is 17.7. The smallest absolute Gasteiger partial charge is 0.303 e. The number of rotatable bonds is 5. The van der Waals surface area contributed by atoms with Gasteiger partial charge in [-0.05, 0) is 37.0 Å². The Morgan fingerprint density at radius 1 is 1.33 bits per heavy atom. The van der Waals surface area contributed by atoms with Gasteiger partial charge in [-0.15, -0.1) is 24.8 Å². The van der Waals surface area contributed by atoms with E-state index in [1.807, 2.05) is 0 Å². The van der Waals surface area contributed by atoms with Gasteiger partial charge in [0.05, 0.1) is 5.02 Å². The molecule has 2 aliphatic rings. The Hall–Kier alpha value is -1.12. The van der Waals surface area contributed by atoms with Crippen LogP contribution in [0, 0.1) is 0 Å². The second kappa shape index (κ2) is 11.0. The van der Waals surface area contributed by atoms with E-state index in [0.29, 0.717) is 28.5 Å². The molecule has 152 valence electrons. The Morgan fingerprint density at radius 3 is 2.67 bits per heavy atom. The third kappa shape index (κ3) is 6.19. The SMILES string of the molecule is Cl.Cl.O=C(NO)/C(F)=C\c1cnc(N[C@@H]2CCN(C3CCCC3)C2)c(Cl)c1. The summed E-state index contributed by atoms with van der Waals surface area (Å²) in [5.74, 6) is -1.77. The van der Waals surface area contributed by atoms with Crippen LogP contribution in [0.5, 0.6) is 0 Å². The lowest BCUT2D eigenvalue weighted by Crippen LogP contribution is -2.33. The van der Waals surface area contributed by atoms with Crippen LogP contribution in [0.15, 0.2) is 18.1 Å². The first kappa shape index (κ1) is 23.9. The molecule has 1 atom stereocenters. The Kier molecular flexibility index (Phi) is 9.76.